The molecule has 0 aliphatic carbocycles. The Kier molecular flexibility index (Phi) is 4.45. The Morgan fingerprint density at radius 2 is 1.84 bits per heavy atom. The first-order valence-electron chi connectivity index (χ1n) is 5.83. The van der Waals surface area contributed by atoms with Crippen molar-refractivity contribution in [1.29, 1.82) is 0 Å². The zero-order valence-electron chi connectivity index (χ0n) is 10.8. The van der Waals surface area contributed by atoms with E-state index in [0.717, 1.165) is 16.2 Å². The van der Waals surface area contributed by atoms with Crippen LogP contribution in [0.15, 0.2) is 47.4 Å². The first-order chi connectivity index (χ1) is 9.11. The average molecular weight is 289 g/mol. The molecular weight excluding hydrogens is 274 g/mol. The Morgan fingerprint density at radius 3 is 2.42 bits per heavy atom. The van der Waals surface area contributed by atoms with Gasteiger partial charge in [-0.15, -0.1) is 11.8 Å². The van der Waals surface area contributed by atoms with Crippen molar-refractivity contribution in [2.75, 3.05) is 6.26 Å². The van der Waals surface area contributed by atoms with Crippen LogP contribution in [0.25, 0.3) is 0 Å². The first kappa shape index (κ1) is 13.9. The molecule has 2 rings (SSSR count). The molecule has 0 aliphatic rings. The average Bonchev–Trinajstić information content (AvgIpc) is 2.40. The lowest BCUT2D eigenvalue weighted by atomic mass is 10.2. The number of thioether (sulfide) groups is 1. The summed E-state index contributed by atoms with van der Waals surface area (Å²) in [7, 11) is 0. The maximum absolute atomic E-state index is 5.89. The summed E-state index contributed by atoms with van der Waals surface area (Å²) in [4.78, 5) is 1.38. The second-order valence-corrected chi connectivity index (χ2v) is 5.40. The molecule has 0 atom stereocenters. The number of hydrogen-bond donors (Lipinski definition) is 1. The highest BCUT2D eigenvalue weighted by molar-refractivity contribution is 7.98. The van der Waals surface area contributed by atoms with Crippen LogP contribution >= 0.6 is 24.0 Å². The molecule has 0 bridgehead atoms. The smallest absolute Gasteiger partial charge is 0.138 e. The van der Waals surface area contributed by atoms with E-state index in [1.165, 1.54) is 5.56 Å². The van der Waals surface area contributed by atoms with Gasteiger partial charge >= 0.3 is 0 Å². The van der Waals surface area contributed by atoms with Gasteiger partial charge in [0.15, 0.2) is 0 Å². The quantitative estimate of drug-likeness (QED) is 0.677. The second-order valence-electron chi connectivity index (χ2n) is 4.11. The van der Waals surface area contributed by atoms with Crippen LogP contribution in [0.2, 0.25) is 0 Å². The highest BCUT2D eigenvalue weighted by Crippen LogP contribution is 2.32. The number of benzene rings is 2. The van der Waals surface area contributed by atoms with E-state index in [4.69, 9.17) is 22.7 Å². The van der Waals surface area contributed by atoms with Gasteiger partial charge in [0.25, 0.3) is 0 Å². The van der Waals surface area contributed by atoms with Crippen LogP contribution in [0.5, 0.6) is 11.5 Å². The number of hydrogen-bond acceptors (Lipinski definition) is 3. The minimum Gasteiger partial charge on any atom is -0.457 e. The van der Waals surface area contributed by atoms with E-state index in [1.807, 2.05) is 55.6 Å². The minimum atomic E-state index is 0.354. The van der Waals surface area contributed by atoms with Crippen molar-refractivity contribution in [1.82, 2.24) is 0 Å². The molecule has 4 heteroatoms. The molecule has 98 valence electrons. The largest absolute Gasteiger partial charge is 0.457 e. The number of thiocarbonyl (C=S) groups is 1. The summed E-state index contributed by atoms with van der Waals surface area (Å²) in [6.07, 6.45) is 1.99. The van der Waals surface area contributed by atoms with E-state index in [0.29, 0.717) is 10.7 Å². The summed E-state index contributed by atoms with van der Waals surface area (Å²) in [5, 5.41) is 0. The molecule has 0 aromatic heterocycles. The predicted octanol–water partition coefficient (Wildman–Crippen LogP) is 4.14. The van der Waals surface area contributed by atoms with Crippen LogP contribution in [0.4, 0.5) is 0 Å². The summed E-state index contributed by atoms with van der Waals surface area (Å²) >= 11 is 6.73. The SMILES string of the molecule is CSc1cccc(Oc2ccc(C)cc2)c1C(N)=S. The molecule has 0 saturated heterocycles. The van der Waals surface area contributed by atoms with Crippen LogP contribution in [0.3, 0.4) is 0 Å². The third-order valence-electron chi connectivity index (χ3n) is 2.70. The summed E-state index contributed by atoms with van der Waals surface area (Å²) in [6.45, 7) is 2.04. The van der Waals surface area contributed by atoms with E-state index in [9.17, 15) is 0 Å². The Morgan fingerprint density at radius 1 is 1.16 bits per heavy atom. The van der Waals surface area contributed by atoms with Gasteiger partial charge in [0, 0.05) is 4.90 Å². The number of rotatable bonds is 4. The van der Waals surface area contributed by atoms with Crippen LogP contribution < -0.4 is 10.5 Å². The van der Waals surface area contributed by atoms with Gasteiger partial charge in [-0.2, -0.15) is 0 Å². The summed E-state index contributed by atoms with van der Waals surface area (Å²) < 4.78 is 5.89. The van der Waals surface area contributed by atoms with Gasteiger partial charge in [0.05, 0.1) is 5.56 Å². The topological polar surface area (TPSA) is 35.2 Å². The van der Waals surface area contributed by atoms with Gasteiger partial charge in [0.2, 0.25) is 0 Å². The van der Waals surface area contributed by atoms with Crippen LogP contribution in [-0.4, -0.2) is 11.2 Å². The van der Waals surface area contributed by atoms with Crippen molar-refractivity contribution >= 4 is 29.0 Å². The second kappa shape index (κ2) is 6.08. The fraction of sp³-hybridized carbons (Fsp3) is 0.133. The first-order valence-corrected chi connectivity index (χ1v) is 7.46. The van der Waals surface area contributed by atoms with Gasteiger partial charge in [-0.25, -0.2) is 0 Å². The molecule has 2 aromatic rings. The monoisotopic (exact) mass is 289 g/mol. The van der Waals surface area contributed by atoms with Gasteiger partial charge < -0.3 is 10.5 Å². The molecule has 0 radical (unpaired) electrons. The van der Waals surface area contributed by atoms with Gasteiger partial charge in [-0.05, 0) is 37.4 Å². The number of nitrogens with two attached hydrogens (primary N) is 1. The summed E-state index contributed by atoms with van der Waals surface area (Å²) in [6, 6.07) is 13.7. The summed E-state index contributed by atoms with van der Waals surface area (Å²) in [5.41, 5.74) is 7.80. The molecular formula is C15H15NOS2. The molecule has 0 unspecified atom stereocenters. The lowest BCUT2D eigenvalue weighted by molar-refractivity contribution is 0.480. The predicted molar refractivity (Wildman–Crippen MR) is 85.4 cm³/mol. The molecule has 0 aliphatic heterocycles. The molecule has 0 amide bonds. The van der Waals surface area contributed by atoms with E-state index in [2.05, 4.69) is 0 Å². The van der Waals surface area contributed by atoms with E-state index < -0.39 is 0 Å². The third-order valence-corrected chi connectivity index (χ3v) is 3.69. The molecule has 0 heterocycles. The van der Waals surface area contributed by atoms with Gasteiger partial charge in [-0.3, -0.25) is 0 Å². The highest BCUT2D eigenvalue weighted by Gasteiger charge is 2.12. The molecule has 2 aromatic carbocycles. The van der Waals surface area contributed by atoms with Crippen molar-refractivity contribution < 1.29 is 4.74 Å². The van der Waals surface area contributed by atoms with Crippen LogP contribution in [-0.2, 0) is 0 Å². The van der Waals surface area contributed by atoms with Gasteiger partial charge in [0.1, 0.15) is 16.5 Å². The zero-order chi connectivity index (χ0) is 13.8. The van der Waals surface area contributed by atoms with Crippen molar-refractivity contribution in [3.63, 3.8) is 0 Å². The normalized spacial score (nSPS) is 10.2. The maximum Gasteiger partial charge on any atom is 0.138 e. The summed E-state index contributed by atoms with van der Waals surface area (Å²) in [5.74, 6) is 1.48. The Bertz CT molecular complexity index is 594. The lowest BCUT2D eigenvalue weighted by Gasteiger charge is -2.13. The van der Waals surface area contributed by atoms with E-state index >= 15 is 0 Å². The fourth-order valence-corrected chi connectivity index (χ4v) is 2.65. The van der Waals surface area contributed by atoms with Crippen LogP contribution in [0.1, 0.15) is 11.1 Å². The molecule has 2 N–H and O–H groups in total. The van der Waals surface area contributed by atoms with E-state index in [1.54, 1.807) is 11.8 Å². The van der Waals surface area contributed by atoms with Crippen molar-refractivity contribution in [2.45, 2.75) is 11.8 Å². The lowest BCUT2D eigenvalue weighted by Crippen LogP contribution is -2.12. The minimum absolute atomic E-state index is 0.354. The van der Waals surface area contributed by atoms with E-state index in [-0.39, 0.29) is 0 Å². The molecule has 0 fully saturated rings. The van der Waals surface area contributed by atoms with Crippen molar-refractivity contribution in [3.05, 3.63) is 53.6 Å². The Hall–Kier alpha value is -1.52. The molecule has 0 saturated carbocycles. The zero-order valence-corrected chi connectivity index (χ0v) is 12.5. The maximum atomic E-state index is 5.89. The van der Waals surface area contributed by atoms with Crippen LogP contribution in [0, 0.1) is 6.92 Å². The van der Waals surface area contributed by atoms with Gasteiger partial charge in [-0.1, -0.05) is 36.0 Å². The van der Waals surface area contributed by atoms with Crippen molar-refractivity contribution in [3.8, 4) is 11.5 Å². The number of ether oxygens (including phenoxy) is 1. The Labute approximate surface area is 123 Å². The third kappa shape index (κ3) is 3.28. The van der Waals surface area contributed by atoms with Crippen molar-refractivity contribution in [2.24, 2.45) is 5.73 Å². The number of aryl methyl sites for hydroxylation is 1. The molecule has 2 nitrogen and oxygen atoms in total. The standard InChI is InChI=1S/C15H15NOS2/c1-10-6-8-11(9-7-10)17-12-4-3-5-13(19-2)14(12)15(16)18/h3-9H,1-2H3,(H2,16,18). The highest BCUT2D eigenvalue weighted by atomic mass is 32.2. The molecule has 0 spiro atoms. The molecule has 19 heavy (non-hydrogen) atoms. The Balaban J connectivity index is 2.39. The fourth-order valence-electron chi connectivity index (χ4n) is 1.74.